The summed E-state index contributed by atoms with van der Waals surface area (Å²) >= 11 is 0. The first-order valence-corrected chi connectivity index (χ1v) is 5.05. The van der Waals surface area contributed by atoms with Gasteiger partial charge in [0.2, 0.25) is 0 Å². The number of hydrogen-bond donors (Lipinski definition) is 2. The quantitative estimate of drug-likeness (QED) is 0.765. The van der Waals surface area contributed by atoms with Crippen LogP contribution in [-0.2, 0) is 6.42 Å². The molecule has 3 nitrogen and oxygen atoms in total. The maximum absolute atomic E-state index is 9.58. The van der Waals surface area contributed by atoms with Crippen molar-refractivity contribution in [2.75, 3.05) is 0 Å². The van der Waals surface area contributed by atoms with Crippen molar-refractivity contribution < 1.29 is 5.11 Å². The van der Waals surface area contributed by atoms with Crippen LogP contribution in [0.5, 0.6) is 5.75 Å². The van der Waals surface area contributed by atoms with Gasteiger partial charge in [-0.1, -0.05) is 6.07 Å². The van der Waals surface area contributed by atoms with E-state index in [-0.39, 0.29) is 11.3 Å². The summed E-state index contributed by atoms with van der Waals surface area (Å²) in [6, 6.07) is 5.63. The average molecular weight is 202 g/mol. The van der Waals surface area contributed by atoms with Crippen LogP contribution in [0.2, 0.25) is 0 Å². The highest BCUT2D eigenvalue weighted by Crippen LogP contribution is 2.36. The molecule has 1 aromatic carbocycles. The van der Waals surface area contributed by atoms with Gasteiger partial charge < -0.3 is 10.8 Å². The summed E-state index contributed by atoms with van der Waals surface area (Å²) in [5.74, 6) is 0.0862. The Hall–Kier alpha value is -1.53. The fourth-order valence-corrected chi connectivity index (χ4v) is 1.79. The van der Waals surface area contributed by atoms with Crippen LogP contribution in [0.25, 0.3) is 0 Å². The maximum Gasteiger partial charge on any atom is 0.136 e. The summed E-state index contributed by atoms with van der Waals surface area (Å²) in [7, 11) is 0. The molecule has 78 valence electrons. The van der Waals surface area contributed by atoms with E-state index < -0.39 is 0 Å². The molecular weight excluding hydrogens is 188 g/mol. The van der Waals surface area contributed by atoms with Crippen molar-refractivity contribution in [2.24, 2.45) is 5.73 Å². The molecule has 1 saturated carbocycles. The lowest BCUT2D eigenvalue weighted by molar-refractivity contribution is 0.469. The molecule has 15 heavy (non-hydrogen) atoms. The number of nitriles is 1. The molecule has 0 atom stereocenters. The topological polar surface area (TPSA) is 70.0 Å². The molecule has 0 bridgehead atoms. The molecule has 1 aliphatic rings. The molecule has 0 aliphatic heterocycles. The van der Waals surface area contributed by atoms with E-state index in [9.17, 15) is 5.11 Å². The number of hydrogen-bond acceptors (Lipinski definition) is 3. The Morgan fingerprint density at radius 1 is 1.53 bits per heavy atom. The summed E-state index contributed by atoms with van der Waals surface area (Å²) in [5.41, 5.74) is 8.08. The van der Waals surface area contributed by atoms with Gasteiger partial charge >= 0.3 is 0 Å². The minimum absolute atomic E-state index is 0.0594. The minimum Gasteiger partial charge on any atom is -0.506 e. The van der Waals surface area contributed by atoms with Gasteiger partial charge in [0.15, 0.2) is 0 Å². The van der Waals surface area contributed by atoms with Crippen molar-refractivity contribution in [2.45, 2.75) is 31.7 Å². The number of phenols is 1. The number of benzene rings is 1. The lowest BCUT2D eigenvalue weighted by Gasteiger charge is -2.10. The second-order valence-electron chi connectivity index (χ2n) is 4.46. The van der Waals surface area contributed by atoms with Crippen molar-refractivity contribution in [1.82, 2.24) is 0 Å². The Morgan fingerprint density at radius 3 is 2.73 bits per heavy atom. The predicted molar refractivity (Wildman–Crippen MR) is 57.4 cm³/mol. The van der Waals surface area contributed by atoms with E-state index in [1.165, 1.54) is 0 Å². The third-order valence-corrected chi connectivity index (χ3v) is 2.93. The van der Waals surface area contributed by atoms with E-state index in [2.05, 4.69) is 0 Å². The predicted octanol–water partition coefficient (Wildman–Crippen LogP) is 1.61. The van der Waals surface area contributed by atoms with Gasteiger partial charge in [-0.25, -0.2) is 0 Å². The number of aromatic hydroxyl groups is 1. The van der Waals surface area contributed by atoms with E-state index in [4.69, 9.17) is 11.0 Å². The highest BCUT2D eigenvalue weighted by molar-refractivity contribution is 5.50. The van der Waals surface area contributed by atoms with Crippen molar-refractivity contribution in [1.29, 1.82) is 5.26 Å². The molecule has 0 radical (unpaired) electrons. The third-order valence-electron chi connectivity index (χ3n) is 2.93. The Labute approximate surface area is 89.1 Å². The number of phenolic OH excluding ortho intramolecular Hbond substituents is 1. The first kappa shape index (κ1) is 10.0. The third kappa shape index (κ3) is 1.95. The van der Waals surface area contributed by atoms with Crippen LogP contribution in [0.4, 0.5) is 0 Å². The fourth-order valence-electron chi connectivity index (χ4n) is 1.79. The van der Waals surface area contributed by atoms with Crippen LogP contribution >= 0.6 is 0 Å². The van der Waals surface area contributed by atoms with Gasteiger partial charge in [0, 0.05) is 5.54 Å². The highest BCUT2D eigenvalue weighted by atomic mass is 16.3. The van der Waals surface area contributed by atoms with Crippen LogP contribution in [0, 0.1) is 18.3 Å². The Bertz CT molecular complexity index is 442. The Morgan fingerprint density at radius 2 is 2.20 bits per heavy atom. The second kappa shape index (κ2) is 3.25. The second-order valence-corrected chi connectivity index (χ2v) is 4.46. The zero-order chi connectivity index (χ0) is 11.1. The molecule has 3 N–H and O–H groups in total. The van der Waals surface area contributed by atoms with Crippen LogP contribution in [0.15, 0.2) is 12.1 Å². The van der Waals surface area contributed by atoms with Crippen molar-refractivity contribution >= 4 is 0 Å². The number of aryl methyl sites for hydroxylation is 1. The Kier molecular flexibility index (Phi) is 2.17. The molecule has 0 saturated heterocycles. The normalized spacial score (nSPS) is 17.1. The summed E-state index contributed by atoms with van der Waals surface area (Å²) in [6.07, 6.45) is 2.90. The highest BCUT2D eigenvalue weighted by Gasteiger charge is 2.38. The van der Waals surface area contributed by atoms with E-state index in [0.29, 0.717) is 5.56 Å². The van der Waals surface area contributed by atoms with E-state index in [1.54, 1.807) is 13.0 Å². The van der Waals surface area contributed by atoms with Crippen LogP contribution in [-0.4, -0.2) is 10.6 Å². The summed E-state index contributed by atoms with van der Waals surface area (Å²) in [5, 5.41) is 18.4. The molecule has 1 fully saturated rings. The van der Waals surface area contributed by atoms with Gasteiger partial charge in [-0.05, 0) is 43.4 Å². The van der Waals surface area contributed by atoms with E-state index in [0.717, 1.165) is 30.4 Å². The first-order valence-electron chi connectivity index (χ1n) is 5.05. The number of nitrogens with zero attached hydrogens (tertiary/aromatic N) is 1. The van der Waals surface area contributed by atoms with Crippen molar-refractivity contribution in [3.63, 3.8) is 0 Å². The van der Waals surface area contributed by atoms with Crippen LogP contribution < -0.4 is 5.73 Å². The first-order chi connectivity index (χ1) is 7.04. The maximum atomic E-state index is 9.58. The zero-order valence-electron chi connectivity index (χ0n) is 8.75. The fraction of sp³-hybridized carbons (Fsp3) is 0.417. The molecule has 0 aromatic heterocycles. The molecule has 2 rings (SSSR count). The molecule has 0 unspecified atom stereocenters. The molecule has 3 heteroatoms. The average Bonchev–Trinajstić information content (AvgIpc) is 2.89. The summed E-state index contributed by atoms with van der Waals surface area (Å²) < 4.78 is 0. The molecule has 1 aliphatic carbocycles. The van der Waals surface area contributed by atoms with Crippen LogP contribution in [0.3, 0.4) is 0 Å². The van der Waals surface area contributed by atoms with Crippen molar-refractivity contribution in [3.8, 4) is 11.8 Å². The van der Waals surface area contributed by atoms with E-state index >= 15 is 0 Å². The SMILES string of the molecule is Cc1cc(CC2(N)CC2)cc(C#N)c1O. The lowest BCUT2D eigenvalue weighted by atomic mass is 9.99. The summed E-state index contributed by atoms with van der Waals surface area (Å²) in [4.78, 5) is 0. The van der Waals surface area contributed by atoms with E-state index in [1.807, 2.05) is 12.1 Å². The minimum atomic E-state index is -0.0594. The molecule has 1 aromatic rings. The van der Waals surface area contributed by atoms with Gasteiger partial charge in [-0.15, -0.1) is 0 Å². The molecular formula is C12H14N2O. The standard InChI is InChI=1S/C12H14N2O/c1-8-4-9(6-12(14)2-3-12)5-10(7-13)11(8)15/h4-5,15H,2-3,6,14H2,1H3. The molecule has 0 spiro atoms. The number of nitrogens with two attached hydrogens (primary N) is 1. The number of rotatable bonds is 2. The van der Waals surface area contributed by atoms with Gasteiger partial charge in [0.25, 0.3) is 0 Å². The smallest absolute Gasteiger partial charge is 0.136 e. The Balaban J connectivity index is 2.33. The molecule has 0 amide bonds. The van der Waals surface area contributed by atoms with Gasteiger partial charge in [0.1, 0.15) is 11.8 Å². The van der Waals surface area contributed by atoms with Gasteiger partial charge in [0.05, 0.1) is 5.56 Å². The van der Waals surface area contributed by atoms with Gasteiger partial charge in [-0.3, -0.25) is 0 Å². The molecule has 0 heterocycles. The van der Waals surface area contributed by atoms with Crippen LogP contribution in [0.1, 0.15) is 29.5 Å². The monoisotopic (exact) mass is 202 g/mol. The zero-order valence-corrected chi connectivity index (χ0v) is 8.75. The lowest BCUT2D eigenvalue weighted by Crippen LogP contribution is -2.24. The summed E-state index contributed by atoms with van der Waals surface area (Å²) in [6.45, 7) is 1.80. The van der Waals surface area contributed by atoms with Crippen molar-refractivity contribution in [3.05, 3.63) is 28.8 Å². The largest absolute Gasteiger partial charge is 0.506 e. The van der Waals surface area contributed by atoms with Gasteiger partial charge in [-0.2, -0.15) is 5.26 Å².